The summed E-state index contributed by atoms with van der Waals surface area (Å²) in [5.74, 6) is 0. The fraction of sp³-hybridized carbons (Fsp3) is 0. The van der Waals surface area contributed by atoms with Crippen LogP contribution in [0.3, 0.4) is 0 Å². The van der Waals surface area contributed by atoms with Gasteiger partial charge in [0.1, 0.15) is 5.69 Å². The first kappa shape index (κ1) is 4.56. The fourth-order valence-corrected chi connectivity index (χ4v) is 0.882. The van der Waals surface area contributed by atoms with Crippen molar-refractivity contribution in [1.82, 2.24) is 9.56 Å². The predicted molar refractivity (Wildman–Crippen MR) is 37.1 cm³/mol. The summed E-state index contributed by atoms with van der Waals surface area (Å²) in [7, 11) is 0. The molecule has 0 unspecified atom stereocenters. The lowest BCUT2D eigenvalue weighted by Crippen LogP contribution is -1.99. The number of aromatic nitrogens is 1. The molecule has 2 rings (SSSR count). The molecule has 0 fully saturated rings. The monoisotopic (exact) mass is 118 g/mol. The molecule has 0 aromatic carbocycles. The molecule has 1 aromatic heterocycles. The van der Waals surface area contributed by atoms with Gasteiger partial charge in [0.25, 0.3) is 12.4 Å². The number of rotatable bonds is 0. The van der Waals surface area contributed by atoms with Crippen molar-refractivity contribution >= 4 is 12.4 Å². The van der Waals surface area contributed by atoms with Crippen molar-refractivity contribution in [2.24, 2.45) is 0 Å². The molecule has 2 heteroatoms. The minimum atomic E-state index is 1.14. The Balaban J connectivity index is 2.68. The molecular weight excluding hydrogens is 112 g/mol. The molecule has 0 aliphatic carbocycles. The third-order valence-corrected chi connectivity index (χ3v) is 1.33. The van der Waals surface area contributed by atoms with E-state index in [0.29, 0.717) is 0 Å². The van der Waals surface area contributed by atoms with E-state index in [9.17, 15) is 0 Å². The standard InChI is InChI=1S/C7H6N2/c1-2-7-6-8-3-5-9(7)4-1/h1-6H/q+1. The lowest BCUT2D eigenvalue weighted by molar-refractivity contribution is 1.12. The van der Waals surface area contributed by atoms with Crippen molar-refractivity contribution < 1.29 is 0 Å². The third-order valence-electron chi connectivity index (χ3n) is 1.33. The smallest absolute Gasteiger partial charge is 0.266 e. The van der Waals surface area contributed by atoms with Gasteiger partial charge in [0, 0.05) is 6.20 Å². The first-order valence-corrected chi connectivity index (χ1v) is 2.83. The lowest BCUT2D eigenvalue weighted by atomic mass is 10.4. The van der Waals surface area contributed by atoms with Crippen molar-refractivity contribution in [3.05, 3.63) is 30.2 Å². The van der Waals surface area contributed by atoms with Gasteiger partial charge in [-0.2, -0.15) is 0 Å². The van der Waals surface area contributed by atoms with Crippen LogP contribution in [0, 0.1) is 0 Å². The van der Waals surface area contributed by atoms with Gasteiger partial charge in [-0.25, -0.2) is 0 Å². The Morgan fingerprint density at radius 1 is 1.44 bits per heavy atom. The Morgan fingerprint density at radius 3 is 3.33 bits per heavy atom. The van der Waals surface area contributed by atoms with Crippen LogP contribution in [0.15, 0.2) is 24.5 Å². The molecule has 0 atom stereocenters. The second-order valence-corrected chi connectivity index (χ2v) is 1.92. The van der Waals surface area contributed by atoms with Gasteiger partial charge >= 0.3 is 0 Å². The summed E-state index contributed by atoms with van der Waals surface area (Å²) >= 11 is 0. The Hall–Kier alpha value is -1.31. The summed E-state index contributed by atoms with van der Waals surface area (Å²) in [6.07, 6.45) is 7.53. The first-order valence-electron chi connectivity index (χ1n) is 2.83. The molecule has 0 N–H and O–H groups in total. The molecule has 0 bridgehead atoms. The molecule has 1 aliphatic rings. The van der Waals surface area contributed by atoms with E-state index in [1.54, 1.807) is 6.20 Å². The zero-order valence-corrected chi connectivity index (χ0v) is 4.86. The van der Waals surface area contributed by atoms with E-state index in [2.05, 4.69) is 4.99 Å². The third kappa shape index (κ3) is 0.598. The fourth-order valence-electron chi connectivity index (χ4n) is 0.882. The summed E-state index contributed by atoms with van der Waals surface area (Å²) in [6.45, 7) is 0. The maximum Gasteiger partial charge on any atom is 0.266 e. The van der Waals surface area contributed by atoms with Gasteiger partial charge < -0.3 is 4.57 Å². The Kier molecular flexibility index (Phi) is 0.803. The molecule has 0 amide bonds. The molecule has 0 saturated carbocycles. The van der Waals surface area contributed by atoms with E-state index >= 15 is 0 Å². The molecule has 0 saturated heterocycles. The van der Waals surface area contributed by atoms with E-state index in [-0.39, 0.29) is 0 Å². The molecular formula is C7H6N2+. The second kappa shape index (κ2) is 1.58. The minimum absolute atomic E-state index is 1.14. The van der Waals surface area contributed by atoms with E-state index in [1.807, 2.05) is 35.3 Å². The molecule has 1 radical (unpaired) electrons. The molecule has 2 heterocycles. The highest BCUT2D eigenvalue weighted by atomic mass is 15.0. The topological polar surface area (TPSA) is 19.0 Å². The second-order valence-electron chi connectivity index (χ2n) is 1.92. The van der Waals surface area contributed by atoms with E-state index in [4.69, 9.17) is 0 Å². The Morgan fingerprint density at radius 2 is 2.44 bits per heavy atom. The van der Waals surface area contributed by atoms with Crippen LogP contribution in [0.1, 0.15) is 5.69 Å². The molecule has 2 nitrogen and oxygen atoms in total. The molecule has 1 aromatic rings. The van der Waals surface area contributed by atoms with Gasteiger partial charge in [-0.3, -0.25) is 0 Å². The molecule has 43 valence electrons. The first-order chi connectivity index (χ1) is 4.47. The normalized spacial score (nSPS) is 13.8. The summed E-state index contributed by atoms with van der Waals surface area (Å²) < 4.78 is 2.02. The van der Waals surface area contributed by atoms with Crippen molar-refractivity contribution in [3.63, 3.8) is 0 Å². The number of hydrogen-bond acceptors (Lipinski definition) is 1. The Bertz CT molecular complexity index is 242. The number of hydrogen-bond donors (Lipinski definition) is 0. The highest BCUT2D eigenvalue weighted by molar-refractivity contribution is 5.79. The summed E-state index contributed by atoms with van der Waals surface area (Å²) in [6, 6.07) is 4.02. The van der Waals surface area contributed by atoms with Crippen molar-refractivity contribution in [3.8, 4) is 0 Å². The van der Waals surface area contributed by atoms with Gasteiger partial charge in [0.05, 0.1) is 11.2 Å². The number of nitrogens with zero attached hydrogens (tertiary/aromatic N) is 2. The highest BCUT2D eigenvalue weighted by Gasteiger charge is 2.03. The minimum Gasteiger partial charge on any atom is -0.312 e. The molecule has 9 heavy (non-hydrogen) atoms. The number of aliphatic imine (C=N–C) groups is 1. The van der Waals surface area contributed by atoms with Crippen LogP contribution in [0.25, 0.3) is 6.20 Å². The van der Waals surface area contributed by atoms with Crippen LogP contribution in [0.4, 0.5) is 0 Å². The van der Waals surface area contributed by atoms with Gasteiger partial charge in [-0.05, 0) is 12.1 Å². The van der Waals surface area contributed by atoms with Crippen LogP contribution in [-0.2, 0) is 0 Å². The van der Waals surface area contributed by atoms with Crippen LogP contribution < -0.4 is 4.99 Å². The number of fused-ring (bicyclic) bond motifs is 1. The van der Waals surface area contributed by atoms with E-state index in [1.165, 1.54) is 0 Å². The van der Waals surface area contributed by atoms with Gasteiger partial charge in [-0.1, -0.05) is 0 Å². The largest absolute Gasteiger partial charge is 0.312 e. The molecule has 0 spiro atoms. The summed E-state index contributed by atoms with van der Waals surface area (Å²) in [5, 5.41) is 0. The maximum absolute atomic E-state index is 3.96. The summed E-state index contributed by atoms with van der Waals surface area (Å²) in [4.78, 5) is 3.96. The molecule has 1 aliphatic heterocycles. The quantitative estimate of drug-likeness (QED) is 0.477. The van der Waals surface area contributed by atoms with E-state index < -0.39 is 0 Å². The average molecular weight is 118 g/mol. The van der Waals surface area contributed by atoms with Crippen molar-refractivity contribution in [1.29, 1.82) is 0 Å². The predicted octanol–water partition coefficient (Wildman–Crippen LogP) is 0.685. The lowest BCUT2D eigenvalue weighted by Gasteiger charge is -1.92. The maximum atomic E-state index is 3.96. The zero-order valence-electron chi connectivity index (χ0n) is 4.86. The highest BCUT2D eigenvalue weighted by Crippen LogP contribution is 2.00. The van der Waals surface area contributed by atoms with Crippen LogP contribution in [0.5, 0.6) is 0 Å². The van der Waals surface area contributed by atoms with Crippen molar-refractivity contribution in [2.45, 2.75) is 0 Å². The van der Waals surface area contributed by atoms with Crippen LogP contribution in [-0.4, -0.2) is 10.8 Å². The van der Waals surface area contributed by atoms with E-state index in [0.717, 1.165) is 5.69 Å². The van der Waals surface area contributed by atoms with Crippen LogP contribution >= 0.6 is 0 Å². The van der Waals surface area contributed by atoms with Crippen molar-refractivity contribution in [2.75, 3.05) is 0 Å². The van der Waals surface area contributed by atoms with Crippen LogP contribution in [0.2, 0.25) is 0 Å². The van der Waals surface area contributed by atoms with Gasteiger partial charge in [0.2, 0.25) is 0 Å². The average Bonchev–Trinajstić information content (AvgIpc) is 2.33. The zero-order chi connectivity index (χ0) is 6.10. The van der Waals surface area contributed by atoms with Gasteiger partial charge in [-0.15, -0.1) is 0 Å². The Labute approximate surface area is 53.1 Å². The summed E-state index contributed by atoms with van der Waals surface area (Å²) in [5.41, 5.74) is 1.14. The SMILES string of the molecule is C1=Cn2cccc2C=[N+]1. The van der Waals surface area contributed by atoms with Gasteiger partial charge in [0.15, 0.2) is 0 Å².